The van der Waals surface area contributed by atoms with Gasteiger partial charge in [-0.3, -0.25) is 14.4 Å². The first-order valence-electron chi connectivity index (χ1n) is 13.8. The highest BCUT2D eigenvalue weighted by atomic mass is 79.9. The second-order valence-corrected chi connectivity index (χ2v) is 11.8. The number of carbonyl (C=O) groups excluding carboxylic acids is 3. The molecule has 0 radical (unpaired) electrons. The largest absolute Gasteiger partial charge is 0.325 e. The standard InChI is InChI=1S/C36H28BrN3O3S/c37-28-21-19-25(20-22-28)23-32(40-34(41)27-13-6-2-7-14-27)35(42)39-30-17-10-18-31(24-30)44-33(26-11-4-1-5-12-26)36(43)38-29-15-8-3-9-16-29/h1-24,33H,(H,38,43)(H,39,42)(H,40,41)/b32-23-. The number of rotatable bonds is 10. The zero-order chi connectivity index (χ0) is 30.7. The zero-order valence-electron chi connectivity index (χ0n) is 23.4. The first kappa shape index (κ1) is 30.5. The molecule has 0 aliphatic rings. The van der Waals surface area contributed by atoms with Crippen molar-refractivity contribution in [2.75, 3.05) is 10.6 Å². The van der Waals surface area contributed by atoms with E-state index in [4.69, 9.17) is 0 Å². The van der Waals surface area contributed by atoms with Gasteiger partial charge in [-0.15, -0.1) is 11.8 Å². The molecule has 0 saturated carbocycles. The molecule has 0 aliphatic carbocycles. The summed E-state index contributed by atoms with van der Waals surface area (Å²) in [5.41, 5.74) is 3.34. The molecule has 0 aromatic heterocycles. The summed E-state index contributed by atoms with van der Waals surface area (Å²) in [6.45, 7) is 0. The van der Waals surface area contributed by atoms with E-state index in [0.717, 1.165) is 20.5 Å². The predicted molar refractivity (Wildman–Crippen MR) is 181 cm³/mol. The summed E-state index contributed by atoms with van der Waals surface area (Å²) in [5.74, 6) is -1.05. The summed E-state index contributed by atoms with van der Waals surface area (Å²) in [4.78, 5) is 40.7. The highest BCUT2D eigenvalue weighted by Crippen LogP contribution is 2.37. The fourth-order valence-electron chi connectivity index (χ4n) is 4.28. The van der Waals surface area contributed by atoms with E-state index < -0.39 is 17.1 Å². The maximum absolute atomic E-state index is 13.5. The molecule has 0 heterocycles. The molecule has 5 aromatic rings. The summed E-state index contributed by atoms with van der Waals surface area (Å²) < 4.78 is 0.898. The Morgan fingerprint density at radius 2 is 1.27 bits per heavy atom. The number of thioether (sulfide) groups is 1. The number of halogens is 1. The van der Waals surface area contributed by atoms with E-state index in [2.05, 4.69) is 31.9 Å². The highest BCUT2D eigenvalue weighted by molar-refractivity contribution is 9.10. The highest BCUT2D eigenvalue weighted by Gasteiger charge is 2.23. The lowest BCUT2D eigenvalue weighted by molar-refractivity contribution is -0.116. The molecule has 3 amide bonds. The Labute approximate surface area is 268 Å². The third kappa shape index (κ3) is 8.56. The monoisotopic (exact) mass is 661 g/mol. The summed E-state index contributed by atoms with van der Waals surface area (Å²) in [6.07, 6.45) is 1.63. The van der Waals surface area contributed by atoms with Crippen LogP contribution in [0.25, 0.3) is 6.08 Å². The molecular formula is C36H28BrN3O3S. The Kier molecular flexibility index (Phi) is 10.4. The molecule has 8 heteroatoms. The van der Waals surface area contributed by atoms with E-state index in [0.29, 0.717) is 16.9 Å². The van der Waals surface area contributed by atoms with Crippen LogP contribution in [-0.2, 0) is 9.59 Å². The number of hydrogen-bond acceptors (Lipinski definition) is 4. The molecule has 0 bridgehead atoms. The molecule has 0 fully saturated rings. The zero-order valence-corrected chi connectivity index (χ0v) is 25.8. The van der Waals surface area contributed by atoms with Crippen molar-refractivity contribution in [1.82, 2.24) is 5.32 Å². The number of nitrogens with one attached hydrogen (secondary N) is 3. The van der Waals surface area contributed by atoms with Crippen molar-refractivity contribution in [2.45, 2.75) is 10.1 Å². The predicted octanol–water partition coefficient (Wildman–Crippen LogP) is 8.33. The van der Waals surface area contributed by atoms with E-state index in [9.17, 15) is 14.4 Å². The normalized spacial score (nSPS) is 11.7. The Bertz CT molecular complexity index is 1760. The molecule has 1 unspecified atom stereocenters. The fraction of sp³-hybridized carbons (Fsp3) is 0.0278. The van der Waals surface area contributed by atoms with Gasteiger partial charge in [0.25, 0.3) is 11.8 Å². The lowest BCUT2D eigenvalue weighted by atomic mass is 10.1. The van der Waals surface area contributed by atoms with E-state index in [1.54, 1.807) is 36.4 Å². The molecule has 0 spiro atoms. The molecular weight excluding hydrogens is 634 g/mol. The third-order valence-electron chi connectivity index (χ3n) is 6.44. The van der Waals surface area contributed by atoms with Gasteiger partial charge in [-0.25, -0.2) is 0 Å². The molecule has 6 nitrogen and oxygen atoms in total. The van der Waals surface area contributed by atoms with Gasteiger partial charge in [0.05, 0.1) is 0 Å². The topological polar surface area (TPSA) is 87.3 Å². The van der Waals surface area contributed by atoms with E-state index in [1.807, 2.05) is 109 Å². The van der Waals surface area contributed by atoms with E-state index in [-0.39, 0.29) is 11.6 Å². The number of carbonyl (C=O) groups is 3. The average Bonchev–Trinajstić information content (AvgIpc) is 3.05. The van der Waals surface area contributed by atoms with Gasteiger partial charge < -0.3 is 16.0 Å². The number of hydrogen-bond donors (Lipinski definition) is 3. The minimum Gasteiger partial charge on any atom is -0.325 e. The molecule has 5 rings (SSSR count). The van der Waals surface area contributed by atoms with Gasteiger partial charge >= 0.3 is 0 Å². The number of amides is 3. The van der Waals surface area contributed by atoms with E-state index >= 15 is 0 Å². The van der Waals surface area contributed by atoms with Crippen molar-refractivity contribution in [3.8, 4) is 0 Å². The van der Waals surface area contributed by atoms with Crippen LogP contribution >= 0.6 is 27.7 Å². The quantitative estimate of drug-likeness (QED) is 0.104. The van der Waals surface area contributed by atoms with Crippen LogP contribution in [0, 0.1) is 0 Å². The molecule has 5 aromatic carbocycles. The van der Waals surface area contributed by atoms with Gasteiger partial charge in [0.1, 0.15) is 10.9 Å². The van der Waals surface area contributed by atoms with Crippen LogP contribution in [0.4, 0.5) is 11.4 Å². The second kappa shape index (κ2) is 15.0. The van der Waals surface area contributed by atoms with Crippen LogP contribution in [0.2, 0.25) is 0 Å². The molecule has 218 valence electrons. The molecule has 1 atom stereocenters. The van der Waals surface area contributed by atoms with Crippen LogP contribution in [-0.4, -0.2) is 17.7 Å². The SMILES string of the molecule is O=C(Nc1cccc(SC(C(=O)Nc2ccccc2)c2ccccc2)c1)/C(=C/c1ccc(Br)cc1)NC(=O)c1ccccc1. The molecule has 3 N–H and O–H groups in total. The molecule has 0 aliphatic heterocycles. The Balaban J connectivity index is 1.37. The van der Waals surface area contributed by atoms with Gasteiger partial charge in [0, 0.05) is 26.3 Å². The summed E-state index contributed by atoms with van der Waals surface area (Å²) in [7, 11) is 0. The van der Waals surface area contributed by atoms with Crippen LogP contribution in [0.5, 0.6) is 0 Å². The lowest BCUT2D eigenvalue weighted by Crippen LogP contribution is -2.30. The van der Waals surface area contributed by atoms with Crippen molar-refractivity contribution in [1.29, 1.82) is 0 Å². The van der Waals surface area contributed by atoms with Crippen molar-refractivity contribution >= 4 is 62.9 Å². The van der Waals surface area contributed by atoms with Crippen molar-refractivity contribution in [3.05, 3.63) is 166 Å². The van der Waals surface area contributed by atoms with Gasteiger partial charge in [0.2, 0.25) is 5.91 Å². The van der Waals surface area contributed by atoms with E-state index in [1.165, 1.54) is 11.8 Å². The van der Waals surface area contributed by atoms with Crippen molar-refractivity contribution in [2.24, 2.45) is 0 Å². The van der Waals surface area contributed by atoms with Crippen LogP contribution in [0.15, 0.2) is 155 Å². The van der Waals surface area contributed by atoms with Crippen LogP contribution in [0.3, 0.4) is 0 Å². The van der Waals surface area contributed by atoms with Crippen molar-refractivity contribution < 1.29 is 14.4 Å². The number of para-hydroxylation sites is 1. The van der Waals surface area contributed by atoms with Gasteiger partial charge in [-0.2, -0.15) is 0 Å². The first-order valence-corrected chi connectivity index (χ1v) is 15.4. The van der Waals surface area contributed by atoms with Gasteiger partial charge in [-0.05, 0) is 71.8 Å². The third-order valence-corrected chi connectivity index (χ3v) is 8.21. The second-order valence-electron chi connectivity index (χ2n) is 9.68. The maximum Gasteiger partial charge on any atom is 0.272 e. The Hall–Kier alpha value is -4.92. The summed E-state index contributed by atoms with van der Waals surface area (Å²) in [5, 5.41) is 8.13. The summed E-state index contributed by atoms with van der Waals surface area (Å²) in [6, 6.07) is 42.3. The van der Waals surface area contributed by atoms with Crippen LogP contribution in [0.1, 0.15) is 26.7 Å². The maximum atomic E-state index is 13.5. The Morgan fingerprint density at radius 1 is 0.659 bits per heavy atom. The smallest absolute Gasteiger partial charge is 0.272 e. The summed E-state index contributed by atoms with van der Waals surface area (Å²) >= 11 is 4.80. The molecule has 44 heavy (non-hydrogen) atoms. The molecule has 0 saturated heterocycles. The fourth-order valence-corrected chi connectivity index (χ4v) is 5.63. The lowest BCUT2D eigenvalue weighted by Gasteiger charge is -2.18. The van der Waals surface area contributed by atoms with Gasteiger partial charge in [-0.1, -0.05) is 101 Å². The number of benzene rings is 5. The minimum absolute atomic E-state index is 0.0867. The number of anilines is 2. The first-order chi connectivity index (χ1) is 21.4. The average molecular weight is 663 g/mol. The van der Waals surface area contributed by atoms with Gasteiger partial charge in [0.15, 0.2) is 0 Å². The minimum atomic E-state index is -0.541. The van der Waals surface area contributed by atoms with Crippen LogP contribution < -0.4 is 16.0 Å². The van der Waals surface area contributed by atoms with Crippen molar-refractivity contribution in [3.63, 3.8) is 0 Å². The Morgan fingerprint density at radius 3 is 1.95 bits per heavy atom.